The van der Waals surface area contributed by atoms with Crippen molar-refractivity contribution in [1.29, 1.82) is 0 Å². The van der Waals surface area contributed by atoms with Gasteiger partial charge in [0.15, 0.2) is 0 Å². The van der Waals surface area contributed by atoms with Crippen LogP contribution < -0.4 is 10.0 Å². The normalized spacial score (nSPS) is 32.7. The minimum Gasteiger partial charge on any atom is -0.598 e. The van der Waals surface area contributed by atoms with Crippen molar-refractivity contribution in [2.75, 3.05) is 13.1 Å². The zero-order valence-corrected chi connectivity index (χ0v) is 13.7. The third-order valence-corrected chi connectivity index (χ3v) is 7.27. The van der Waals surface area contributed by atoms with Crippen LogP contribution in [-0.4, -0.2) is 28.4 Å². The second-order valence-corrected chi connectivity index (χ2v) is 8.98. The number of hydrogen-bond acceptors (Lipinski definition) is 3. The second kappa shape index (κ2) is 5.92. The minimum atomic E-state index is -0.939. The van der Waals surface area contributed by atoms with Gasteiger partial charge in [-0.1, -0.05) is 13.8 Å². The fourth-order valence-electron chi connectivity index (χ4n) is 3.57. The van der Waals surface area contributed by atoms with E-state index in [2.05, 4.69) is 37.7 Å². The predicted octanol–water partition coefficient (Wildman–Crippen LogP) is 2.60. The smallest absolute Gasteiger partial charge is 0.139 e. The van der Waals surface area contributed by atoms with Crippen LogP contribution in [0.4, 0.5) is 0 Å². The van der Waals surface area contributed by atoms with E-state index in [1.807, 2.05) is 0 Å². The van der Waals surface area contributed by atoms with Crippen molar-refractivity contribution in [3.05, 3.63) is 0 Å². The van der Waals surface area contributed by atoms with E-state index in [1.165, 1.54) is 25.7 Å². The highest BCUT2D eigenvalue weighted by Gasteiger charge is 2.50. The van der Waals surface area contributed by atoms with Crippen LogP contribution in [0.3, 0.4) is 0 Å². The SMILES string of the molecule is CCC(C)(C)[S+]([O-])N[C@@H]1C(C)CCC12CCNCC2. The molecule has 2 unspecified atom stereocenters. The molecule has 2 rings (SSSR count). The molecule has 1 heterocycles. The Morgan fingerprint density at radius 1 is 1.32 bits per heavy atom. The van der Waals surface area contributed by atoms with Gasteiger partial charge in [-0.15, -0.1) is 4.72 Å². The fraction of sp³-hybridized carbons (Fsp3) is 1.00. The zero-order valence-electron chi connectivity index (χ0n) is 12.9. The Bertz CT molecular complexity index is 297. The first kappa shape index (κ1) is 15.6. The summed E-state index contributed by atoms with van der Waals surface area (Å²) in [4.78, 5) is 0. The summed E-state index contributed by atoms with van der Waals surface area (Å²) in [6.45, 7) is 10.9. The average molecular weight is 286 g/mol. The molecule has 19 heavy (non-hydrogen) atoms. The molecule has 3 nitrogen and oxygen atoms in total. The Kier molecular flexibility index (Phi) is 4.87. The summed E-state index contributed by atoms with van der Waals surface area (Å²) in [6, 6.07) is 0.432. The van der Waals surface area contributed by atoms with Gasteiger partial charge in [0.2, 0.25) is 0 Å². The molecule has 0 aromatic carbocycles. The highest BCUT2D eigenvalue weighted by molar-refractivity contribution is 7.90. The Labute approximate surface area is 121 Å². The standard InChI is InChI=1S/C15H30N2OS/c1-5-14(3,4)19(18)17-13-12(2)6-7-15(13)8-10-16-11-9-15/h12-13,16-17H,5-11H2,1-4H3/t12?,13-,19?/m1/s1. The Balaban J connectivity index is 2.07. The molecule has 1 aliphatic heterocycles. The fourth-order valence-corrected chi connectivity index (χ4v) is 4.87. The quantitative estimate of drug-likeness (QED) is 0.781. The highest BCUT2D eigenvalue weighted by atomic mass is 32.2. The third-order valence-electron chi connectivity index (χ3n) is 5.51. The van der Waals surface area contributed by atoms with Gasteiger partial charge in [0.05, 0.1) is 6.04 Å². The van der Waals surface area contributed by atoms with Crippen molar-refractivity contribution in [2.24, 2.45) is 11.3 Å². The van der Waals surface area contributed by atoms with Crippen LogP contribution in [0.5, 0.6) is 0 Å². The van der Waals surface area contributed by atoms with Crippen LogP contribution in [0, 0.1) is 11.3 Å². The van der Waals surface area contributed by atoms with Crippen LogP contribution in [-0.2, 0) is 11.4 Å². The van der Waals surface area contributed by atoms with E-state index in [4.69, 9.17) is 0 Å². The Hall–Kier alpha value is 0.230. The van der Waals surface area contributed by atoms with Gasteiger partial charge in [0, 0.05) is 11.4 Å². The van der Waals surface area contributed by atoms with Gasteiger partial charge in [0.1, 0.15) is 4.75 Å². The summed E-state index contributed by atoms with van der Waals surface area (Å²) in [6.07, 6.45) is 6.00. The lowest BCUT2D eigenvalue weighted by Gasteiger charge is -2.41. The number of piperidine rings is 1. The van der Waals surface area contributed by atoms with Gasteiger partial charge in [0.25, 0.3) is 0 Å². The van der Waals surface area contributed by atoms with Crippen molar-refractivity contribution in [2.45, 2.75) is 70.6 Å². The summed E-state index contributed by atoms with van der Waals surface area (Å²) in [5.74, 6) is 0.648. The molecule has 2 fully saturated rings. The maximum Gasteiger partial charge on any atom is 0.139 e. The van der Waals surface area contributed by atoms with Gasteiger partial charge in [-0.3, -0.25) is 0 Å². The van der Waals surface area contributed by atoms with Crippen molar-refractivity contribution < 1.29 is 4.55 Å². The van der Waals surface area contributed by atoms with Crippen molar-refractivity contribution >= 4 is 11.4 Å². The largest absolute Gasteiger partial charge is 0.598 e. The molecule has 3 atom stereocenters. The lowest BCUT2D eigenvalue weighted by atomic mass is 9.74. The summed E-state index contributed by atoms with van der Waals surface area (Å²) in [5, 5.41) is 3.46. The molecule has 112 valence electrons. The van der Waals surface area contributed by atoms with Crippen molar-refractivity contribution in [1.82, 2.24) is 10.0 Å². The van der Waals surface area contributed by atoms with Gasteiger partial charge >= 0.3 is 0 Å². The number of hydrogen-bond donors (Lipinski definition) is 2. The highest BCUT2D eigenvalue weighted by Crippen LogP contribution is 2.48. The van der Waals surface area contributed by atoms with Crippen LogP contribution >= 0.6 is 0 Å². The van der Waals surface area contributed by atoms with Crippen LogP contribution in [0.1, 0.15) is 59.8 Å². The summed E-state index contributed by atoms with van der Waals surface area (Å²) >= 11 is -0.939. The van der Waals surface area contributed by atoms with Crippen molar-refractivity contribution in [3.63, 3.8) is 0 Å². The van der Waals surface area contributed by atoms with E-state index in [0.29, 0.717) is 17.4 Å². The van der Waals surface area contributed by atoms with Gasteiger partial charge in [-0.2, -0.15) is 0 Å². The van der Waals surface area contributed by atoms with Crippen molar-refractivity contribution in [3.8, 4) is 0 Å². The summed E-state index contributed by atoms with van der Waals surface area (Å²) < 4.78 is 16.0. The molecule has 0 radical (unpaired) electrons. The van der Waals surface area contributed by atoms with E-state index in [9.17, 15) is 4.55 Å². The Morgan fingerprint density at radius 2 is 1.95 bits per heavy atom. The monoisotopic (exact) mass is 286 g/mol. The molecular formula is C15H30N2OS. The molecule has 0 aromatic heterocycles. The maximum atomic E-state index is 12.6. The van der Waals surface area contributed by atoms with Crippen LogP contribution in [0.15, 0.2) is 0 Å². The third kappa shape index (κ3) is 3.12. The first-order valence-corrected chi connectivity index (χ1v) is 8.95. The molecule has 1 spiro atoms. The molecular weight excluding hydrogens is 256 g/mol. The molecule has 0 bridgehead atoms. The predicted molar refractivity (Wildman–Crippen MR) is 82.4 cm³/mol. The maximum absolute atomic E-state index is 12.6. The topological polar surface area (TPSA) is 47.1 Å². The molecule has 1 saturated heterocycles. The Morgan fingerprint density at radius 3 is 2.53 bits per heavy atom. The van der Waals surface area contributed by atoms with Gasteiger partial charge in [-0.05, 0) is 70.4 Å². The van der Waals surface area contributed by atoms with E-state index in [-0.39, 0.29) is 4.75 Å². The molecule has 0 aromatic rings. The average Bonchev–Trinajstić information content (AvgIpc) is 2.69. The van der Waals surface area contributed by atoms with E-state index in [0.717, 1.165) is 19.5 Å². The number of rotatable bonds is 4. The molecule has 1 saturated carbocycles. The molecule has 2 aliphatic rings. The molecule has 0 amide bonds. The van der Waals surface area contributed by atoms with Gasteiger partial charge in [-0.25, -0.2) is 0 Å². The lowest BCUT2D eigenvalue weighted by Crippen LogP contribution is -2.54. The summed E-state index contributed by atoms with van der Waals surface area (Å²) in [5.41, 5.74) is 0.393. The van der Waals surface area contributed by atoms with E-state index < -0.39 is 11.4 Å². The summed E-state index contributed by atoms with van der Waals surface area (Å²) in [7, 11) is 0. The second-order valence-electron chi connectivity index (χ2n) is 7.11. The number of nitrogens with one attached hydrogen (secondary N) is 2. The first-order chi connectivity index (χ1) is 8.91. The molecule has 4 heteroatoms. The minimum absolute atomic E-state index is 0.129. The molecule has 2 N–H and O–H groups in total. The molecule has 1 aliphatic carbocycles. The lowest BCUT2D eigenvalue weighted by molar-refractivity contribution is 0.162. The van der Waals surface area contributed by atoms with Crippen LogP contribution in [0.2, 0.25) is 0 Å². The zero-order chi connectivity index (χ0) is 14.1. The first-order valence-electron chi connectivity index (χ1n) is 7.80. The van der Waals surface area contributed by atoms with E-state index in [1.54, 1.807) is 0 Å². The van der Waals surface area contributed by atoms with E-state index >= 15 is 0 Å². The van der Waals surface area contributed by atoms with Gasteiger partial charge < -0.3 is 9.87 Å². The van der Waals surface area contributed by atoms with Crippen LogP contribution in [0.25, 0.3) is 0 Å².